The number of carbonyl (C=O) groups is 2. The van der Waals surface area contributed by atoms with Gasteiger partial charge in [-0.3, -0.25) is 9.59 Å². The summed E-state index contributed by atoms with van der Waals surface area (Å²) in [5.74, 6) is 0.221. The lowest BCUT2D eigenvalue weighted by Gasteiger charge is -2.07. The molecule has 0 aliphatic heterocycles. The van der Waals surface area contributed by atoms with Crippen molar-refractivity contribution < 1.29 is 19.1 Å². The predicted molar refractivity (Wildman–Crippen MR) is 113 cm³/mol. The second-order valence-corrected chi connectivity index (χ2v) is 7.23. The second kappa shape index (κ2) is 11.0. The van der Waals surface area contributed by atoms with Gasteiger partial charge in [-0.05, 0) is 36.8 Å². The Bertz CT molecular complexity index is 961. The highest BCUT2D eigenvalue weighted by Crippen LogP contribution is 2.14. The maximum absolute atomic E-state index is 12.2. The number of amides is 2. The second-order valence-electron chi connectivity index (χ2n) is 6.17. The summed E-state index contributed by atoms with van der Waals surface area (Å²) in [6.45, 7) is 2.93. The molecule has 0 bridgehead atoms. The number of aromatic nitrogens is 2. The molecule has 0 spiro atoms. The van der Waals surface area contributed by atoms with E-state index in [0.717, 1.165) is 22.6 Å². The van der Waals surface area contributed by atoms with Crippen LogP contribution >= 0.6 is 11.3 Å². The summed E-state index contributed by atoms with van der Waals surface area (Å²) in [5, 5.41) is 14.1. The number of rotatable bonds is 10. The molecule has 0 unspecified atom stereocenters. The maximum atomic E-state index is 12.2. The zero-order valence-corrected chi connectivity index (χ0v) is 17.3. The van der Waals surface area contributed by atoms with Crippen LogP contribution in [0, 0.1) is 0 Å². The van der Waals surface area contributed by atoms with E-state index in [1.54, 1.807) is 12.1 Å². The molecular formula is C21H22N4O4S. The Balaban J connectivity index is 1.37. The number of anilines is 1. The molecule has 0 saturated heterocycles. The normalized spacial score (nSPS) is 10.4. The van der Waals surface area contributed by atoms with E-state index in [9.17, 15) is 9.59 Å². The van der Waals surface area contributed by atoms with Crippen molar-refractivity contribution in [1.82, 2.24) is 15.5 Å². The average Bonchev–Trinajstić information content (AvgIpc) is 3.23. The number of nitrogens with zero attached hydrogens (tertiary/aromatic N) is 2. The van der Waals surface area contributed by atoms with Gasteiger partial charge in [-0.25, -0.2) is 0 Å². The van der Waals surface area contributed by atoms with E-state index in [4.69, 9.17) is 9.47 Å². The molecule has 8 nitrogen and oxygen atoms in total. The zero-order chi connectivity index (χ0) is 21.2. The number of hydrogen-bond donors (Lipinski definition) is 2. The maximum Gasteiger partial charge on any atom is 0.286 e. The first kappa shape index (κ1) is 21.4. The van der Waals surface area contributed by atoms with Gasteiger partial charge in [-0.15, -0.1) is 10.2 Å². The van der Waals surface area contributed by atoms with Crippen LogP contribution in [-0.2, 0) is 22.7 Å². The molecule has 30 heavy (non-hydrogen) atoms. The minimum Gasteiger partial charge on any atom is -0.494 e. The van der Waals surface area contributed by atoms with Crippen LogP contribution in [0.15, 0.2) is 54.6 Å². The summed E-state index contributed by atoms with van der Waals surface area (Å²) in [5.41, 5.74) is 1.64. The van der Waals surface area contributed by atoms with Crippen molar-refractivity contribution in [3.63, 3.8) is 0 Å². The number of para-hydroxylation sites is 1. The first-order chi connectivity index (χ1) is 14.6. The van der Waals surface area contributed by atoms with Crippen molar-refractivity contribution in [3.05, 3.63) is 70.2 Å². The molecule has 0 fully saturated rings. The smallest absolute Gasteiger partial charge is 0.286 e. The number of carbonyl (C=O) groups excluding carboxylic acids is 2. The molecule has 0 atom stereocenters. The van der Waals surface area contributed by atoms with Crippen LogP contribution in [0.5, 0.6) is 5.75 Å². The van der Waals surface area contributed by atoms with Gasteiger partial charge >= 0.3 is 0 Å². The van der Waals surface area contributed by atoms with Gasteiger partial charge in [-0.2, -0.15) is 0 Å². The summed E-state index contributed by atoms with van der Waals surface area (Å²) >= 11 is 1.12. The molecule has 3 aromatic rings. The van der Waals surface area contributed by atoms with Gasteiger partial charge in [0, 0.05) is 12.2 Å². The molecule has 156 valence electrons. The summed E-state index contributed by atoms with van der Waals surface area (Å²) in [6, 6.07) is 16.6. The van der Waals surface area contributed by atoms with E-state index in [2.05, 4.69) is 20.8 Å². The molecule has 0 saturated carbocycles. The van der Waals surface area contributed by atoms with Gasteiger partial charge in [0.25, 0.3) is 5.91 Å². The third-order valence-corrected chi connectivity index (χ3v) is 4.77. The van der Waals surface area contributed by atoms with Crippen molar-refractivity contribution in [3.8, 4) is 5.75 Å². The van der Waals surface area contributed by atoms with Crippen LogP contribution in [0.2, 0.25) is 0 Å². The molecule has 3 rings (SSSR count). The number of ether oxygens (including phenoxy) is 2. The molecule has 1 aromatic heterocycles. The lowest BCUT2D eigenvalue weighted by atomic mass is 10.2. The van der Waals surface area contributed by atoms with Crippen LogP contribution in [0.25, 0.3) is 0 Å². The van der Waals surface area contributed by atoms with Crippen LogP contribution in [-0.4, -0.2) is 35.2 Å². The minimum atomic E-state index is -0.335. The average molecular weight is 426 g/mol. The monoisotopic (exact) mass is 426 g/mol. The molecule has 2 aromatic carbocycles. The van der Waals surface area contributed by atoms with E-state index >= 15 is 0 Å². The largest absolute Gasteiger partial charge is 0.494 e. The number of hydrogen-bond acceptors (Lipinski definition) is 7. The van der Waals surface area contributed by atoms with E-state index in [1.165, 1.54) is 0 Å². The first-order valence-electron chi connectivity index (χ1n) is 9.39. The predicted octanol–water partition coefficient (Wildman–Crippen LogP) is 3.02. The van der Waals surface area contributed by atoms with Gasteiger partial charge in [0.15, 0.2) is 0 Å². The van der Waals surface area contributed by atoms with Gasteiger partial charge in [0.1, 0.15) is 24.0 Å². The molecule has 0 aliphatic carbocycles. The van der Waals surface area contributed by atoms with Crippen LogP contribution in [0.3, 0.4) is 0 Å². The van der Waals surface area contributed by atoms with Crippen molar-refractivity contribution in [2.45, 2.75) is 20.1 Å². The highest BCUT2D eigenvalue weighted by molar-refractivity contribution is 7.13. The topological polar surface area (TPSA) is 102 Å². The molecule has 1 heterocycles. The Kier molecular flexibility index (Phi) is 7.87. The Labute approximate surface area is 178 Å². The fourth-order valence-corrected chi connectivity index (χ4v) is 3.14. The van der Waals surface area contributed by atoms with E-state index < -0.39 is 0 Å². The lowest BCUT2D eigenvalue weighted by Crippen LogP contribution is -2.27. The summed E-state index contributed by atoms with van der Waals surface area (Å²) in [6.07, 6.45) is 0. The Morgan fingerprint density at radius 3 is 2.53 bits per heavy atom. The highest BCUT2D eigenvalue weighted by atomic mass is 32.1. The molecule has 0 radical (unpaired) electrons. The number of benzene rings is 2. The Morgan fingerprint density at radius 1 is 1.03 bits per heavy atom. The summed E-state index contributed by atoms with van der Waals surface area (Å²) in [4.78, 5) is 24.1. The Morgan fingerprint density at radius 2 is 1.80 bits per heavy atom. The van der Waals surface area contributed by atoms with Crippen LogP contribution in [0.1, 0.15) is 27.3 Å². The first-order valence-corrected chi connectivity index (χ1v) is 10.2. The van der Waals surface area contributed by atoms with E-state index in [-0.39, 0.29) is 30.0 Å². The van der Waals surface area contributed by atoms with Gasteiger partial charge < -0.3 is 20.1 Å². The quantitative estimate of drug-likeness (QED) is 0.517. The molecule has 2 amide bonds. The summed E-state index contributed by atoms with van der Waals surface area (Å²) < 4.78 is 10.8. The summed E-state index contributed by atoms with van der Waals surface area (Å²) in [7, 11) is 0. The lowest BCUT2D eigenvalue weighted by molar-refractivity contribution is -0.126. The van der Waals surface area contributed by atoms with Gasteiger partial charge in [0.05, 0.1) is 6.61 Å². The standard InChI is InChI=1S/C21H22N4O4S/c1-2-29-17-10-8-15(9-11-17)12-22-18(26)13-28-14-19-24-25-21(30-19)20(27)23-16-6-4-3-5-7-16/h3-11H,2,12-14H2,1H3,(H,22,26)(H,23,27). The minimum absolute atomic E-state index is 0.104. The van der Waals surface area contributed by atoms with Crippen molar-refractivity contribution >= 4 is 28.8 Å². The fourth-order valence-electron chi connectivity index (χ4n) is 2.46. The third kappa shape index (κ3) is 6.64. The number of nitrogens with one attached hydrogen (secondary N) is 2. The molecule has 0 aliphatic rings. The van der Waals surface area contributed by atoms with Crippen molar-refractivity contribution in [2.24, 2.45) is 0 Å². The third-order valence-electron chi connectivity index (χ3n) is 3.88. The zero-order valence-electron chi connectivity index (χ0n) is 16.5. The van der Waals surface area contributed by atoms with Crippen LogP contribution < -0.4 is 15.4 Å². The van der Waals surface area contributed by atoms with Gasteiger partial charge in [0.2, 0.25) is 10.9 Å². The van der Waals surface area contributed by atoms with Crippen LogP contribution in [0.4, 0.5) is 5.69 Å². The SMILES string of the molecule is CCOc1ccc(CNC(=O)COCc2nnc(C(=O)Nc3ccccc3)s2)cc1. The van der Waals surface area contributed by atoms with Crippen molar-refractivity contribution in [1.29, 1.82) is 0 Å². The Hall–Kier alpha value is -3.30. The molecule has 9 heteroatoms. The molecule has 2 N–H and O–H groups in total. The molecular weight excluding hydrogens is 404 g/mol. The van der Waals surface area contributed by atoms with Crippen molar-refractivity contribution in [2.75, 3.05) is 18.5 Å². The van der Waals surface area contributed by atoms with E-state index in [1.807, 2.05) is 49.4 Å². The van der Waals surface area contributed by atoms with E-state index in [0.29, 0.717) is 23.8 Å². The fraction of sp³-hybridized carbons (Fsp3) is 0.238. The van der Waals surface area contributed by atoms with Gasteiger partial charge in [-0.1, -0.05) is 41.7 Å². The highest BCUT2D eigenvalue weighted by Gasteiger charge is 2.13.